The number of nitrogens with two attached hydrogens (primary N) is 1. The summed E-state index contributed by atoms with van der Waals surface area (Å²) in [4.78, 5) is 23.5. The van der Waals surface area contributed by atoms with Gasteiger partial charge in [-0.15, -0.1) is 0 Å². The first-order valence-corrected chi connectivity index (χ1v) is 6.84. The van der Waals surface area contributed by atoms with Crippen LogP contribution in [0.5, 0.6) is 0 Å². The largest absolute Gasteiger partial charge is 0.463 e. The van der Waals surface area contributed by atoms with Crippen molar-refractivity contribution >= 4 is 17.4 Å². The van der Waals surface area contributed by atoms with Crippen molar-refractivity contribution in [3.63, 3.8) is 0 Å². The van der Waals surface area contributed by atoms with Crippen molar-refractivity contribution in [3.8, 4) is 0 Å². The third-order valence-corrected chi connectivity index (χ3v) is 3.23. The Morgan fingerprint density at radius 3 is 2.67 bits per heavy atom. The van der Waals surface area contributed by atoms with E-state index in [0.29, 0.717) is 11.3 Å². The highest BCUT2D eigenvalue weighted by Crippen LogP contribution is 2.15. The van der Waals surface area contributed by atoms with Gasteiger partial charge in [-0.05, 0) is 38.1 Å². The third kappa shape index (κ3) is 4.03. The molecule has 110 valence electrons. The number of anilines is 1. The van der Waals surface area contributed by atoms with Gasteiger partial charge in [0.1, 0.15) is 6.04 Å². The first kappa shape index (κ1) is 15.0. The van der Waals surface area contributed by atoms with Crippen molar-refractivity contribution in [3.05, 3.63) is 54.0 Å². The van der Waals surface area contributed by atoms with Crippen LogP contribution in [-0.2, 0) is 4.79 Å². The zero-order valence-electron chi connectivity index (χ0n) is 12.1. The Morgan fingerprint density at radius 1 is 1.24 bits per heavy atom. The average molecular weight is 287 g/mol. The fourth-order valence-electron chi connectivity index (χ4n) is 2.05. The summed E-state index contributed by atoms with van der Waals surface area (Å²) in [7, 11) is 0. The maximum absolute atomic E-state index is 12.0. The van der Waals surface area contributed by atoms with Crippen LogP contribution in [0.2, 0.25) is 0 Å². The van der Waals surface area contributed by atoms with Crippen LogP contribution in [0, 0.1) is 0 Å². The molecular weight excluding hydrogens is 268 g/mol. The van der Waals surface area contributed by atoms with Crippen LogP contribution in [0.4, 0.5) is 5.69 Å². The molecule has 0 unspecified atom stereocenters. The standard InChI is InChI=1S/C16H18N2O3/c1-11(15-8-5-9-21-15)17-10-16(20)18-14-7-4-3-6-13(14)12(2)19/h3-9,11,17H,10H2,1-2H3,(H,18,20)/p+1/t11-/m1/s1. The van der Waals surface area contributed by atoms with Gasteiger partial charge >= 0.3 is 0 Å². The summed E-state index contributed by atoms with van der Waals surface area (Å²) in [6.07, 6.45) is 1.61. The van der Waals surface area contributed by atoms with Crippen molar-refractivity contribution in [2.75, 3.05) is 11.9 Å². The predicted molar refractivity (Wildman–Crippen MR) is 79.0 cm³/mol. The number of amides is 1. The van der Waals surface area contributed by atoms with E-state index < -0.39 is 0 Å². The molecule has 5 heteroatoms. The molecule has 3 N–H and O–H groups in total. The number of rotatable bonds is 6. The van der Waals surface area contributed by atoms with Crippen molar-refractivity contribution in [1.82, 2.24) is 0 Å². The topological polar surface area (TPSA) is 75.9 Å². The minimum absolute atomic E-state index is 0.0637. The zero-order chi connectivity index (χ0) is 15.2. The van der Waals surface area contributed by atoms with Gasteiger partial charge in [0.15, 0.2) is 18.1 Å². The van der Waals surface area contributed by atoms with E-state index in [0.717, 1.165) is 5.76 Å². The smallest absolute Gasteiger partial charge is 0.279 e. The van der Waals surface area contributed by atoms with E-state index in [1.54, 1.807) is 30.5 Å². The van der Waals surface area contributed by atoms with Crippen LogP contribution < -0.4 is 10.6 Å². The minimum Gasteiger partial charge on any atom is -0.463 e. The Bertz CT molecular complexity index is 620. The van der Waals surface area contributed by atoms with E-state index >= 15 is 0 Å². The van der Waals surface area contributed by atoms with Gasteiger partial charge in [-0.25, -0.2) is 0 Å². The molecule has 1 atom stereocenters. The summed E-state index contributed by atoms with van der Waals surface area (Å²) < 4.78 is 5.29. The van der Waals surface area contributed by atoms with E-state index in [-0.39, 0.29) is 24.3 Å². The van der Waals surface area contributed by atoms with Gasteiger partial charge in [0.2, 0.25) is 0 Å². The second kappa shape index (κ2) is 6.85. The molecule has 2 aromatic rings. The highest BCUT2D eigenvalue weighted by atomic mass is 16.3. The summed E-state index contributed by atoms with van der Waals surface area (Å²) in [5.41, 5.74) is 1.07. The predicted octanol–water partition coefficient (Wildman–Crippen LogP) is 1.75. The number of hydrogen-bond donors (Lipinski definition) is 2. The second-order valence-electron chi connectivity index (χ2n) is 4.89. The molecule has 1 aromatic heterocycles. The Hall–Kier alpha value is -2.40. The number of Topliss-reactive ketones (excluding diaryl/α,β-unsaturated/α-hetero) is 1. The molecule has 0 saturated heterocycles. The lowest BCUT2D eigenvalue weighted by Crippen LogP contribution is -2.86. The Morgan fingerprint density at radius 2 is 2.00 bits per heavy atom. The van der Waals surface area contributed by atoms with Gasteiger partial charge in [-0.3, -0.25) is 9.59 Å². The number of benzene rings is 1. The minimum atomic E-state index is -0.151. The number of nitrogens with one attached hydrogen (secondary N) is 1. The Kier molecular flexibility index (Phi) is 4.90. The maximum atomic E-state index is 12.0. The Labute approximate surface area is 123 Å². The van der Waals surface area contributed by atoms with Gasteiger partial charge in [-0.1, -0.05) is 12.1 Å². The van der Waals surface area contributed by atoms with E-state index in [1.807, 2.05) is 24.4 Å². The normalized spacial score (nSPS) is 11.9. The average Bonchev–Trinajstić information content (AvgIpc) is 2.99. The van der Waals surface area contributed by atoms with Gasteiger partial charge in [0, 0.05) is 5.56 Å². The highest BCUT2D eigenvalue weighted by Gasteiger charge is 2.15. The monoisotopic (exact) mass is 287 g/mol. The first-order valence-electron chi connectivity index (χ1n) is 6.84. The van der Waals surface area contributed by atoms with E-state index in [9.17, 15) is 9.59 Å². The first-order chi connectivity index (χ1) is 10.1. The number of ketones is 1. The molecule has 5 nitrogen and oxygen atoms in total. The number of para-hydroxylation sites is 1. The quantitative estimate of drug-likeness (QED) is 0.795. The van der Waals surface area contributed by atoms with E-state index in [2.05, 4.69) is 5.32 Å². The van der Waals surface area contributed by atoms with Crippen LogP contribution in [0.3, 0.4) is 0 Å². The zero-order valence-corrected chi connectivity index (χ0v) is 12.1. The highest BCUT2D eigenvalue weighted by molar-refractivity contribution is 6.03. The lowest BCUT2D eigenvalue weighted by Gasteiger charge is -2.10. The number of furan rings is 1. The Balaban J connectivity index is 1.92. The molecule has 2 rings (SSSR count). The molecule has 0 spiro atoms. The SMILES string of the molecule is CC(=O)c1ccccc1NC(=O)C[NH2+][C@H](C)c1ccco1. The van der Waals surface area contributed by atoms with Gasteiger partial charge in [0.25, 0.3) is 5.91 Å². The lowest BCUT2D eigenvalue weighted by atomic mass is 10.1. The second-order valence-corrected chi connectivity index (χ2v) is 4.89. The van der Waals surface area contributed by atoms with Crippen molar-refractivity contribution in [2.24, 2.45) is 0 Å². The molecule has 0 saturated carbocycles. The number of hydrogen-bond acceptors (Lipinski definition) is 3. The molecular formula is C16H19N2O3+. The number of carbonyl (C=O) groups excluding carboxylic acids is 2. The fourth-order valence-corrected chi connectivity index (χ4v) is 2.05. The molecule has 0 aliphatic carbocycles. The summed E-state index contributed by atoms with van der Waals surface area (Å²) in [5, 5.41) is 4.65. The molecule has 21 heavy (non-hydrogen) atoms. The molecule has 1 amide bonds. The van der Waals surface area contributed by atoms with Gasteiger partial charge in [-0.2, -0.15) is 0 Å². The van der Waals surface area contributed by atoms with E-state index in [1.165, 1.54) is 6.92 Å². The van der Waals surface area contributed by atoms with Crippen LogP contribution in [0.25, 0.3) is 0 Å². The van der Waals surface area contributed by atoms with Crippen LogP contribution in [0.15, 0.2) is 47.1 Å². The number of quaternary nitrogens is 1. The van der Waals surface area contributed by atoms with Crippen molar-refractivity contribution in [2.45, 2.75) is 19.9 Å². The van der Waals surface area contributed by atoms with E-state index in [4.69, 9.17) is 4.42 Å². The molecule has 0 radical (unpaired) electrons. The third-order valence-electron chi connectivity index (χ3n) is 3.23. The summed E-state index contributed by atoms with van der Waals surface area (Å²) in [6, 6.07) is 10.8. The molecule has 1 heterocycles. The maximum Gasteiger partial charge on any atom is 0.279 e. The molecule has 1 aromatic carbocycles. The van der Waals surface area contributed by atoms with Crippen LogP contribution in [-0.4, -0.2) is 18.2 Å². The van der Waals surface area contributed by atoms with Crippen molar-refractivity contribution in [1.29, 1.82) is 0 Å². The van der Waals surface area contributed by atoms with Gasteiger partial charge in [0.05, 0.1) is 12.0 Å². The summed E-state index contributed by atoms with van der Waals surface area (Å²) >= 11 is 0. The fraction of sp³-hybridized carbons (Fsp3) is 0.250. The number of carbonyl (C=O) groups is 2. The molecule has 0 aliphatic heterocycles. The van der Waals surface area contributed by atoms with Crippen LogP contribution in [0.1, 0.15) is 36.0 Å². The van der Waals surface area contributed by atoms with Gasteiger partial charge < -0.3 is 15.1 Å². The molecule has 0 aliphatic rings. The van der Waals surface area contributed by atoms with Crippen molar-refractivity contribution < 1.29 is 19.3 Å². The lowest BCUT2D eigenvalue weighted by molar-refractivity contribution is -0.684. The van der Waals surface area contributed by atoms with Crippen LogP contribution >= 0.6 is 0 Å². The summed E-state index contributed by atoms with van der Waals surface area (Å²) in [5.74, 6) is 0.605. The molecule has 0 bridgehead atoms. The summed E-state index contributed by atoms with van der Waals surface area (Å²) in [6.45, 7) is 3.71. The molecule has 0 fully saturated rings.